The van der Waals surface area contributed by atoms with Crippen LogP contribution in [0.25, 0.3) is 0 Å². The highest BCUT2D eigenvalue weighted by atomic mass is 32.2. The summed E-state index contributed by atoms with van der Waals surface area (Å²) in [6.07, 6.45) is 4.60. The van der Waals surface area contributed by atoms with Crippen molar-refractivity contribution in [1.29, 1.82) is 0 Å². The second-order valence-electron chi connectivity index (χ2n) is 7.06. The molecule has 2 heterocycles. The Morgan fingerprint density at radius 3 is 2.37 bits per heavy atom. The van der Waals surface area contributed by atoms with Gasteiger partial charge in [-0.15, -0.1) is 0 Å². The summed E-state index contributed by atoms with van der Waals surface area (Å²) in [6, 6.07) is 11.0. The maximum absolute atomic E-state index is 13.2. The first-order chi connectivity index (χ1) is 13.0. The minimum atomic E-state index is -3.52. The van der Waals surface area contributed by atoms with Gasteiger partial charge in [-0.2, -0.15) is 4.31 Å². The monoisotopic (exact) mass is 387 g/mol. The molecule has 3 rings (SSSR count). The largest absolute Gasteiger partial charge is 0.357 e. The summed E-state index contributed by atoms with van der Waals surface area (Å²) < 4.78 is 28.2. The van der Waals surface area contributed by atoms with Gasteiger partial charge in [0.15, 0.2) is 0 Å². The van der Waals surface area contributed by atoms with Gasteiger partial charge in [0, 0.05) is 25.8 Å². The second kappa shape index (κ2) is 8.40. The van der Waals surface area contributed by atoms with Gasteiger partial charge in [0.1, 0.15) is 5.82 Å². The lowest BCUT2D eigenvalue weighted by Gasteiger charge is -2.35. The molecule has 1 aromatic carbocycles. The van der Waals surface area contributed by atoms with Gasteiger partial charge in [-0.1, -0.05) is 30.2 Å². The van der Waals surface area contributed by atoms with Crippen LogP contribution in [0.1, 0.15) is 50.3 Å². The SMILES string of the molecule is CCN(CC)c1ccc([C@@H]2CCCCN2S(=O)(=O)c2ccc(C)cc2)cn1. The molecule has 0 spiro atoms. The van der Waals surface area contributed by atoms with Crippen LogP contribution in [0.5, 0.6) is 0 Å². The molecule has 27 heavy (non-hydrogen) atoms. The van der Waals surface area contributed by atoms with Gasteiger partial charge in [-0.25, -0.2) is 13.4 Å². The fourth-order valence-electron chi connectivity index (χ4n) is 3.70. The Bertz CT molecular complexity index is 844. The smallest absolute Gasteiger partial charge is 0.243 e. The highest BCUT2D eigenvalue weighted by molar-refractivity contribution is 7.89. The number of rotatable bonds is 6. The standard InChI is InChI=1S/C21H29N3O2S/c1-4-23(5-2)21-14-11-18(16-22-21)20-8-6-7-15-24(20)27(25,26)19-12-9-17(3)10-13-19/h9-14,16,20H,4-8,15H2,1-3H3/t20-/m0/s1. The van der Waals surface area contributed by atoms with Crippen molar-refractivity contribution in [2.75, 3.05) is 24.5 Å². The molecule has 1 fully saturated rings. The van der Waals surface area contributed by atoms with Gasteiger partial charge in [-0.05, 0) is 57.4 Å². The number of pyridine rings is 1. The van der Waals surface area contributed by atoms with Gasteiger partial charge >= 0.3 is 0 Å². The van der Waals surface area contributed by atoms with Crippen molar-refractivity contribution in [2.24, 2.45) is 0 Å². The quantitative estimate of drug-likeness (QED) is 0.747. The average Bonchev–Trinajstić information content (AvgIpc) is 2.70. The second-order valence-corrected chi connectivity index (χ2v) is 8.95. The molecule has 0 unspecified atom stereocenters. The molecule has 1 aliphatic rings. The summed E-state index contributed by atoms with van der Waals surface area (Å²) in [5.41, 5.74) is 2.03. The zero-order chi connectivity index (χ0) is 19.4. The molecule has 0 bridgehead atoms. The fourth-order valence-corrected chi connectivity index (χ4v) is 5.38. The van der Waals surface area contributed by atoms with Crippen LogP contribution in [0.3, 0.4) is 0 Å². The first-order valence-corrected chi connectivity index (χ1v) is 11.2. The van der Waals surface area contributed by atoms with E-state index >= 15 is 0 Å². The Hall–Kier alpha value is -1.92. The lowest BCUT2D eigenvalue weighted by molar-refractivity contribution is 0.255. The number of aromatic nitrogens is 1. The Kier molecular flexibility index (Phi) is 6.17. The van der Waals surface area contributed by atoms with Crippen molar-refractivity contribution in [2.45, 2.75) is 51.0 Å². The van der Waals surface area contributed by atoms with Crippen LogP contribution in [0.2, 0.25) is 0 Å². The topological polar surface area (TPSA) is 53.5 Å². The number of piperidine rings is 1. The van der Waals surface area contributed by atoms with Crippen molar-refractivity contribution in [3.05, 3.63) is 53.7 Å². The number of benzene rings is 1. The van der Waals surface area contributed by atoms with Gasteiger partial charge < -0.3 is 4.90 Å². The fraction of sp³-hybridized carbons (Fsp3) is 0.476. The average molecular weight is 388 g/mol. The maximum atomic E-state index is 13.2. The Morgan fingerprint density at radius 2 is 1.78 bits per heavy atom. The first kappa shape index (κ1) is 19.8. The predicted molar refractivity (Wildman–Crippen MR) is 109 cm³/mol. The molecule has 0 aliphatic carbocycles. The van der Waals surface area contributed by atoms with E-state index in [-0.39, 0.29) is 6.04 Å². The van der Waals surface area contributed by atoms with Gasteiger partial charge in [0.2, 0.25) is 10.0 Å². The Labute approximate surface area is 163 Å². The number of hydrogen-bond acceptors (Lipinski definition) is 4. The van der Waals surface area contributed by atoms with E-state index in [9.17, 15) is 8.42 Å². The number of hydrogen-bond donors (Lipinski definition) is 0. The normalized spacial score (nSPS) is 18.4. The third kappa shape index (κ3) is 4.17. The Morgan fingerprint density at radius 1 is 1.07 bits per heavy atom. The van der Waals surface area contributed by atoms with Crippen LogP contribution in [-0.4, -0.2) is 37.3 Å². The van der Waals surface area contributed by atoms with Crippen LogP contribution in [0.15, 0.2) is 47.5 Å². The van der Waals surface area contributed by atoms with Crippen molar-refractivity contribution < 1.29 is 8.42 Å². The zero-order valence-electron chi connectivity index (χ0n) is 16.4. The van der Waals surface area contributed by atoms with Crippen LogP contribution < -0.4 is 4.90 Å². The lowest BCUT2D eigenvalue weighted by atomic mass is 9.99. The Balaban J connectivity index is 1.90. The summed E-state index contributed by atoms with van der Waals surface area (Å²) in [5.74, 6) is 0.938. The molecule has 0 amide bonds. The van der Waals surface area contributed by atoms with Crippen LogP contribution in [0, 0.1) is 6.92 Å². The van der Waals surface area contributed by atoms with E-state index in [0.29, 0.717) is 11.4 Å². The van der Waals surface area contributed by atoms with E-state index in [2.05, 4.69) is 23.7 Å². The highest BCUT2D eigenvalue weighted by Crippen LogP contribution is 2.35. The van der Waals surface area contributed by atoms with Crippen LogP contribution in [0.4, 0.5) is 5.82 Å². The molecule has 5 nitrogen and oxygen atoms in total. The number of sulfonamides is 1. The van der Waals surface area contributed by atoms with Crippen LogP contribution in [-0.2, 0) is 10.0 Å². The van der Waals surface area contributed by atoms with E-state index in [4.69, 9.17) is 0 Å². The number of nitrogens with zero attached hydrogens (tertiary/aromatic N) is 3. The third-order valence-electron chi connectivity index (χ3n) is 5.32. The molecule has 146 valence electrons. The first-order valence-electron chi connectivity index (χ1n) is 9.76. The zero-order valence-corrected chi connectivity index (χ0v) is 17.2. The summed E-state index contributed by atoms with van der Waals surface area (Å²) in [6.45, 7) is 8.54. The van der Waals surface area contributed by atoms with Gasteiger partial charge in [0.25, 0.3) is 0 Å². The molecule has 1 saturated heterocycles. The van der Waals surface area contributed by atoms with Gasteiger partial charge in [-0.3, -0.25) is 0 Å². The summed E-state index contributed by atoms with van der Waals surface area (Å²) in [5, 5.41) is 0. The molecule has 1 aromatic heterocycles. The van der Waals surface area contributed by atoms with Crippen molar-refractivity contribution >= 4 is 15.8 Å². The molecular weight excluding hydrogens is 358 g/mol. The number of anilines is 1. The number of aryl methyl sites for hydroxylation is 1. The minimum Gasteiger partial charge on any atom is -0.357 e. The molecule has 6 heteroatoms. The lowest BCUT2D eigenvalue weighted by Crippen LogP contribution is -2.38. The molecule has 1 atom stereocenters. The maximum Gasteiger partial charge on any atom is 0.243 e. The minimum absolute atomic E-state index is 0.150. The highest BCUT2D eigenvalue weighted by Gasteiger charge is 2.34. The molecule has 0 radical (unpaired) electrons. The summed E-state index contributed by atoms with van der Waals surface area (Å²) in [4.78, 5) is 7.16. The molecule has 2 aromatic rings. The summed E-state index contributed by atoms with van der Waals surface area (Å²) >= 11 is 0. The summed E-state index contributed by atoms with van der Waals surface area (Å²) in [7, 11) is -3.52. The molecule has 1 aliphatic heterocycles. The van der Waals surface area contributed by atoms with E-state index in [1.807, 2.05) is 37.4 Å². The van der Waals surface area contributed by atoms with Gasteiger partial charge in [0.05, 0.1) is 10.9 Å². The van der Waals surface area contributed by atoms with Crippen molar-refractivity contribution in [3.8, 4) is 0 Å². The van der Waals surface area contributed by atoms with Crippen molar-refractivity contribution in [3.63, 3.8) is 0 Å². The predicted octanol–water partition coefficient (Wildman–Crippen LogP) is 4.15. The van der Waals surface area contributed by atoms with E-state index < -0.39 is 10.0 Å². The molecular formula is C21H29N3O2S. The van der Waals surface area contributed by atoms with E-state index in [1.54, 1.807) is 16.4 Å². The van der Waals surface area contributed by atoms with E-state index in [1.165, 1.54) is 0 Å². The van der Waals surface area contributed by atoms with Crippen molar-refractivity contribution in [1.82, 2.24) is 9.29 Å². The van der Waals surface area contributed by atoms with Crippen LogP contribution >= 0.6 is 0 Å². The molecule has 0 saturated carbocycles. The third-order valence-corrected chi connectivity index (χ3v) is 7.25. The van der Waals surface area contributed by atoms with E-state index in [0.717, 1.165) is 49.3 Å². The molecule has 0 N–H and O–H groups in total.